The monoisotopic (exact) mass is 236 g/mol. The van der Waals surface area contributed by atoms with Gasteiger partial charge >= 0.3 is 0 Å². The largest absolute Gasteiger partial charge is 0.383 e. The third kappa shape index (κ3) is 2.74. The minimum atomic E-state index is -0.239. The fourth-order valence-electron chi connectivity index (χ4n) is 1.76. The third-order valence-electron chi connectivity index (χ3n) is 2.84. The predicted molar refractivity (Wildman–Crippen MR) is 63.0 cm³/mol. The van der Waals surface area contributed by atoms with Crippen molar-refractivity contribution in [1.29, 1.82) is 0 Å². The van der Waals surface area contributed by atoms with E-state index in [0.29, 0.717) is 13.2 Å². The number of ether oxygens (including phenoxy) is 1. The normalized spacial score (nSPS) is 14.6. The van der Waals surface area contributed by atoms with Gasteiger partial charge in [-0.05, 0) is 12.8 Å². The van der Waals surface area contributed by atoms with Crippen LogP contribution in [0.4, 0.5) is 0 Å². The fraction of sp³-hybridized carbons (Fsp3) is 0.500. The number of methoxy groups -OCH3 is 1. The van der Waals surface area contributed by atoms with Gasteiger partial charge in [0.05, 0.1) is 6.61 Å². The van der Waals surface area contributed by atoms with E-state index in [2.05, 4.69) is 4.98 Å². The van der Waals surface area contributed by atoms with Crippen LogP contribution >= 0.6 is 0 Å². The van der Waals surface area contributed by atoms with Crippen LogP contribution < -0.4 is 5.43 Å². The van der Waals surface area contributed by atoms with Crippen molar-refractivity contribution >= 4 is 5.91 Å². The molecule has 0 aromatic carbocycles. The smallest absolute Gasteiger partial charge is 0.259 e. The molecule has 2 rings (SSSR count). The van der Waals surface area contributed by atoms with Crippen LogP contribution in [-0.4, -0.2) is 42.1 Å². The Hall–Kier alpha value is -1.62. The van der Waals surface area contributed by atoms with Crippen molar-refractivity contribution in [3.05, 3.63) is 34.2 Å². The first-order chi connectivity index (χ1) is 8.24. The summed E-state index contributed by atoms with van der Waals surface area (Å²) in [5, 5.41) is 0. The van der Waals surface area contributed by atoms with E-state index in [1.807, 2.05) is 0 Å². The molecule has 1 N–H and O–H groups in total. The zero-order valence-electron chi connectivity index (χ0n) is 9.81. The van der Waals surface area contributed by atoms with Crippen LogP contribution in [-0.2, 0) is 4.74 Å². The van der Waals surface area contributed by atoms with E-state index in [-0.39, 0.29) is 22.9 Å². The van der Waals surface area contributed by atoms with E-state index in [1.54, 1.807) is 12.0 Å². The van der Waals surface area contributed by atoms with E-state index < -0.39 is 0 Å². The van der Waals surface area contributed by atoms with Crippen molar-refractivity contribution in [2.24, 2.45) is 0 Å². The summed E-state index contributed by atoms with van der Waals surface area (Å²) in [7, 11) is 1.60. The summed E-state index contributed by atoms with van der Waals surface area (Å²) in [5.41, 5.74) is -0.0349. The molecule has 0 spiro atoms. The number of aromatic nitrogens is 1. The molecule has 1 aromatic rings. The number of amides is 1. The molecule has 0 atom stereocenters. The molecular formula is C12H16N2O3. The van der Waals surface area contributed by atoms with Gasteiger partial charge in [-0.2, -0.15) is 0 Å². The summed E-state index contributed by atoms with van der Waals surface area (Å²) < 4.78 is 4.99. The first-order valence-corrected chi connectivity index (χ1v) is 5.71. The molecular weight excluding hydrogens is 220 g/mol. The van der Waals surface area contributed by atoms with Gasteiger partial charge in [-0.15, -0.1) is 0 Å². The van der Waals surface area contributed by atoms with Gasteiger partial charge in [-0.3, -0.25) is 9.59 Å². The molecule has 0 saturated heterocycles. The summed E-state index contributed by atoms with van der Waals surface area (Å²) in [5.74, 6) is -0.202. The topological polar surface area (TPSA) is 62.4 Å². The predicted octanol–water partition coefficient (Wildman–Crippen LogP) is 0.626. The molecule has 1 fully saturated rings. The molecule has 1 saturated carbocycles. The first kappa shape index (κ1) is 11.9. The molecule has 5 heteroatoms. The summed E-state index contributed by atoms with van der Waals surface area (Å²) in [6.07, 6.45) is 5.02. The lowest BCUT2D eigenvalue weighted by molar-refractivity contribution is 0.0678. The minimum absolute atomic E-state index is 0.202. The van der Waals surface area contributed by atoms with E-state index in [9.17, 15) is 9.59 Å². The van der Waals surface area contributed by atoms with Crippen molar-refractivity contribution in [3.8, 4) is 0 Å². The third-order valence-corrected chi connectivity index (χ3v) is 2.84. The Bertz CT molecular complexity index is 451. The standard InChI is InChI=1S/C12H16N2O3/c1-17-7-6-14(9-2-3-9)12(16)10-8-13-5-4-11(10)15/h4-5,8-9H,2-3,6-7H2,1H3,(H,13,15). The quantitative estimate of drug-likeness (QED) is 0.815. The van der Waals surface area contributed by atoms with Crippen LogP contribution in [0.3, 0.4) is 0 Å². The van der Waals surface area contributed by atoms with E-state index >= 15 is 0 Å². The summed E-state index contributed by atoms with van der Waals surface area (Å²) in [6.45, 7) is 1.03. The van der Waals surface area contributed by atoms with Crippen molar-refractivity contribution in [3.63, 3.8) is 0 Å². The molecule has 0 unspecified atom stereocenters. The van der Waals surface area contributed by atoms with Crippen LogP contribution in [0.15, 0.2) is 23.3 Å². The molecule has 17 heavy (non-hydrogen) atoms. The molecule has 0 aliphatic heterocycles. The van der Waals surface area contributed by atoms with Gasteiger partial charge < -0.3 is 14.6 Å². The molecule has 1 aliphatic carbocycles. The van der Waals surface area contributed by atoms with Gasteiger partial charge in [0.15, 0.2) is 5.43 Å². The molecule has 92 valence electrons. The molecule has 1 amide bonds. The van der Waals surface area contributed by atoms with E-state index in [1.165, 1.54) is 18.5 Å². The maximum atomic E-state index is 12.2. The zero-order chi connectivity index (χ0) is 12.3. The van der Waals surface area contributed by atoms with Crippen molar-refractivity contribution in [1.82, 2.24) is 9.88 Å². The highest BCUT2D eigenvalue weighted by molar-refractivity contribution is 5.94. The van der Waals surface area contributed by atoms with Crippen LogP contribution in [0.1, 0.15) is 23.2 Å². The second-order valence-electron chi connectivity index (χ2n) is 4.14. The van der Waals surface area contributed by atoms with Crippen LogP contribution in [0.5, 0.6) is 0 Å². The second-order valence-corrected chi connectivity index (χ2v) is 4.14. The Morgan fingerprint density at radius 3 is 2.94 bits per heavy atom. The highest BCUT2D eigenvalue weighted by Crippen LogP contribution is 2.27. The summed E-state index contributed by atoms with van der Waals surface area (Å²) >= 11 is 0. The number of aromatic amines is 1. The number of nitrogens with one attached hydrogen (secondary N) is 1. The summed E-state index contributed by atoms with van der Waals surface area (Å²) in [4.78, 5) is 28.3. The van der Waals surface area contributed by atoms with Crippen LogP contribution in [0.25, 0.3) is 0 Å². The van der Waals surface area contributed by atoms with Gasteiger partial charge in [0.25, 0.3) is 5.91 Å². The van der Waals surface area contributed by atoms with Crippen molar-refractivity contribution in [2.75, 3.05) is 20.3 Å². The maximum absolute atomic E-state index is 12.2. The average molecular weight is 236 g/mol. The Labute approximate surface area is 99.4 Å². The SMILES string of the molecule is COCCN(C(=O)c1c[nH]ccc1=O)C1CC1. The lowest BCUT2D eigenvalue weighted by atomic mass is 10.2. The lowest BCUT2D eigenvalue weighted by Crippen LogP contribution is -2.38. The molecule has 1 aliphatic rings. The first-order valence-electron chi connectivity index (χ1n) is 5.71. The molecule has 0 bridgehead atoms. The van der Waals surface area contributed by atoms with E-state index in [4.69, 9.17) is 4.74 Å². The zero-order valence-corrected chi connectivity index (χ0v) is 9.81. The second kappa shape index (κ2) is 5.14. The van der Waals surface area contributed by atoms with Gasteiger partial charge in [0, 0.05) is 38.2 Å². The number of hydrogen-bond acceptors (Lipinski definition) is 3. The Morgan fingerprint density at radius 2 is 2.35 bits per heavy atom. The average Bonchev–Trinajstić information content (AvgIpc) is 3.14. The molecule has 1 aromatic heterocycles. The number of pyridine rings is 1. The number of hydrogen-bond donors (Lipinski definition) is 1. The highest BCUT2D eigenvalue weighted by atomic mass is 16.5. The van der Waals surface area contributed by atoms with Crippen LogP contribution in [0, 0.1) is 0 Å². The van der Waals surface area contributed by atoms with Gasteiger partial charge in [0.2, 0.25) is 0 Å². The highest BCUT2D eigenvalue weighted by Gasteiger charge is 2.33. The van der Waals surface area contributed by atoms with E-state index in [0.717, 1.165) is 12.8 Å². The van der Waals surface area contributed by atoms with Gasteiger partial charge in [-0.25, -0.2) is 0 Å². The number of carbonyl (C=O) groups is 1. The fourth-order valence-corrected chi connectivity index (χ4v) is 1.76. The summed E-state index contributed by atoms with van der Waals surface area (Å²) in [6, 6.07) is 1.64. The van der Waals surface area contributed by atoms with Gasteiger partial charge in [0.1, 0.15) is 5.56 Å². The Balaban J connectivity index is 2.16. The number of carbonyl (C=O) groups excluding carboxylic acids is 1. The molecule has 0 radical (unpaired) electrons. The lowest BCUT2D eigenvalue weighted by Gasteiger charge is -2.21. The van der Waals surface area contributed by atoms with Crippen molar-refractivity contribution in [2.45, 2.75) is 18.9 Å². The van der Waals surface area contributed by atoms with Crippen molar-refractivity contribution < 1.29 is 9.53 Å². The molecule has 5 nitrogen and oxygen atoms in total. The Morgan fingerprint density at radius 1 is 1.59 bits per heavy atom. The number of rotatable bonds is 5. The Kier molecular flexibility index (Phi) is 3.58. The van der Waals surface area contributed by atoms with Crippen LogP contribution in [0.2, 0.25) is 0 Å². The number of H-pyrrole nitrogens is 1. The van der Waals surface area contributed by atoms with Gasteiger partial charge in [-0.1, -0.05) is 0 Å². The molecule has 1 heterocycles. The maximum Gasteiger partial charge on any atom is 0.259 e. The number of nitrogens with zero attached hydrogens (tertiary/aromatic N) is 1. The minimum Gasteiger partial charge on any atom is -0.383 e.